The third kappa shape index (κ3) is 1.46. The van der Waals surface area contributed by atoms with E-state index in [1.54, 1.807) is 0 Å². The average Bonchev–Trinajstić information content (AvgIpc) is 2.18. The van der Waals surface area contributed by atoms with E-state index in [1.807, 2.05) is 5.32 Å². The molecule has 11 heavy (non-hydrogen) atoms. The van der Waals surface area contributed by atoms with Crippen molar-refractivity contribution in [1.82, 2.24) is 5.32 Å². The van der Waals surface area contributed by atoms with Crippen molar-refractivity contribution >= 4 is 17.8 Å². The molecule has 1 rings (SSSR count). The SMILES string of the molecule is NC(=O)NC1C(=O)COC1=O. The molecular formula is C5H6N2O4. The van der Waals surface area contributed by atoms with Gasteiger partial charge >= 0.3 is 12.0 Å². The van der Waals surface area contributed by atoms with Crippen molar-refractivity contribution in [2.75, 3.05) is 6.61 Å². The first-order valence-electron chi connectivity index (χ1n) is 2.86. The van der Waals surface area contributed by atoms with Crippen molar-refractivity contribution < 1.29 is 19.1 Å². The van der Waals surface area contributed by atoms with Crippen molar-refractivity contribution in [3.63, 3.8) is 0 Å². The fraction of sp³-hybridized carbons (Fsp3) is 0.400. The average molecular weight is 158 g/mol. The summed E-state index contributed by atoms with van der Waals surface area (Å²) in [6.07, 6.45) is 0. The van der Waals surface area contributed by atoms with Gasteiger partial charge in [0, 0.05) is 0 Å². The molecular weight excluding hydrogens is 152 g/mol. The van der Waals surface area contributed by atoms with Crippen LogP contribution in [0.15, 0.2) is 0 Å². The lowest BCUT2D eigenvalue weighted by molar-refractivity contribution is -0.139. The van der Waals surface area contributed by atoms with Gasteiger partial charge in [-0.05, 0) is 0 Å². The lowest BCUT2D eigenvalue weighted by Gasteiger charge is -2.02. The third-order valence-electron chi connectivity index (χ3n) is 1.20. The summed E-state index contributed by atoms with van der Waals surface area (Å²) in [5, 5.41) is 1.96. The molecule has 0 aliphatic carbocycles. The van der Waals surface area contributed by atoms with E-state index < -0.39 is 23.8 Å². The number of hydrogen-bond acceptors (Lipinski definition) is 4. The number of rotatable bonds is 1. The zero-order valence-corrected chi connectivity index (χ0v) is 5.49. The van der Waals surface area contributed by atoms with E-state index in [-0.39, 0.29) is 6.61 Å². The Kier molecular flexibility index (Phi) is 1.75. The van der Waals surface area contributed by atoms with E-state index in [0.717, 1.165) is 0 Å². The van der Waals surface area contributed by atoms with Crippen molar-refractivity contribution in [1.29, 1.82) is 0 Å². The molecule has 60 valence electrons. The van der Waals surface area contributed by atoms with Gasteiger partial charge in [0.05, 0.1) is 0 Å². The first-order chi connectivity index (χ1) is 5.11. The first-order valence-corrected chi connectivity index (χ1v) is 2.86. The highest BCUT2D eigenvalue weighted by atomic mass is 16.5. The molecule has 1 saturated heterocycles. The van der Waals surface area contributed by atoms with Gasteiger partial charge in [0.1, 0.15) is 0 Å². The van der Waals surface area contributed by atoms with Gasteiger partial charge in [-0.25, -0.2) is 9.59 Å². The molecule has 0 radical (unpaired) electrons. The Bertz CT molecular complexity index is 209. The smallest absolute Gasteiger partial charge is 0.337 e. The van der Waals surface area contributed by atoms with E-state index >= 15 is 0 Å². The summed E-state index contributed by atoms with van der Waals surface area (Å²) in [5.41, 5.74) is 4.69. The Morgan fingerprint density at radius 2 is 2.27 bits per heavy atom. The van der Waals surface area contributed by atoms with Crippen molar-refractivity contribution in [2.45, 2.75) is 6.04 Å². The van der Waals surface area contributed by atoms with Crippen LogP contribution in [0.5, 0.6) is 0 Å². The number of Topliss-reactive ketones (excluding diaryl/α,β-unsaturated/α-hetero) is 1. The van der Waals surface area contributed by atoms with Gasteiger partial charge in [-0.3, -0.25) is 4.79 Å². The molecule has 1 aliphatic heterocycles. The number of esters is 1. The van der Waals surface area contributed by atoms with Crippen LogP contribution in [-0.4, -0.2) is 30.4 Å². The van der Waals surface area contributed by atoms with E-state index in [4.69, 9.17) is 0 Å². The lowest BCUT2D eigenvalue weighted by Crippen LogP contribution is -2.45. The molecule has 0 aromatic heterocycles. The summed E-state index contributed by atoms with van der Waals surface area (Å²) >= 11 is 0. The second kappa shape index (κ2) is 2.57. The summed E-state index contributed by atoms with van der Waals surface area (Å²) in [6.45, 7) is -0.288. The predicted molar refractivity (Wildman–Crippen MR) is 32.5 cm³/mol. The zero-order chi connectivity index (χ0) is 8.43. The highest BCUT2D eigenvalue weighted by molar-refractivity contribution is 6.10. The number of cyclic esters (lactones) is 1. The second-order valence-corrected chi connectivity index (χ2v) is 2.02. The molecule has 0 spiro atoms. The van der Waals surface area contributed by atoms with Gasteiger partial charge < -0.3 is 15.8 Å². The molecule has 6 heteroatoms. The molecule has 0 aromatic rings. The number of carbonyl (C=O) groups is 3. The maximum Gasteiger partial charge on any atom is 0.337 e. The Labute approximate surface area is 61.7 Å². The van der Waals surface area contributed by atoms with Gasteiger partial charge in [0.25, 0.3) is 0 Å². The van der Waals surface area contributed by atoms with Crippen molar-refractivity contribution in [2.24, 2.45) is 5.73 Å². The minimum Gasteiger partial charge on any atom is -0.456 e. The molecule has 1 atom stereocenters. The minimum absolute atomic E-state index is 0.288. The molecule has 3 N–H and O–H groups in total. The topological polar surface area (TPSA) is 98.5 Å². The Morgan fingerprint density at radius 1 is 1.64 bits per heavy atom. The molecule has 6 nitrogen and oxygen atoms in total. The highest BCUT2D eigenvalue weighted by Crippen LogP contribution is 2.00. The Morgan fingerprint density at radius 3 is 2.64 bits per heavy atom. The molecule has 0 bridgehead atoms. The normalized spacial score (nSPS) is 23.1. The molecule has 1 heterocycles. The fourth-order valence-corrected chi connectivity index (χ4v) is 0.722. The Balaban J connectivity index is 2.62. The number of nitrogens with two attached hydrogens (primary N) is 1. The maximum atomic E-state index is 10.7. The number of carbonyl (C=O) groups excluding carboxylic acids is 3. The number of hydrogen-bond donors (Lipinski definition) is 2. The second-order valence-electron chi connectivity index (χ2n) is 2.02. The predicted octanol–water partition coefficient (Wildman–Crippen LogP) is -1.85. The fourth-order valence-electron chi connectivity index (χ4n) is 0.722. The first kappa shape index (κ1) is 7.52. The number of nitrogens with one attached hydrogen (secondary N) is 1. The Hall–Kier alpha value is -1.59. The van der Waals surface area contributed by atoms with Gasteiger partial charge in [0.15, 0.2) is 12.6 Å². The zero-order valence-electron chi connectivity index (χ0n) is 5.49. The minimum atomic E-state index is -1.20. The summed E-state index contributed by atoms with van der Waals surface area (Å²) in [5.74, 6) is -1.23. The highest BCUT2D eigenvalue weighted by Gasteiger charge is 2.35. The quantitative estimate of drug-likeness (QED) is 0.345. The number of amides is 2. The van der Waals surface area contributed by atoms with Crippen LogP contribution in [0.2, 0.25) is 0 Å². The maximum absolute atomic E-state index is 10.7. The number of ether oxygens (including phenoxy) is 1. The van der Waals surface area contributed by atoms with Crippen LogP contribution < -0.4 is 11.1 Å². The molecule has 0 aromatic carbocycles. The largest absolute Gasteiger partial charge is 0.456 e. The monoisotopic (exact) mass is 158 g/mol. The van der Waals surface area contributed by atoms with E-state index in [9.17, 15) is 14.4 Å². The summed E-state index contributed by atoms with van der Waals surface area (Å²) in [7, 11) is 0. The summed E-state index contributed by atoms with van der Waals surface area (Å²) < 4.78 is 4.32. The molecule has 2 amide bonds. The number of primary amides is 1. The van der Waals surface area contributed by atoms with E-state index in [1.165, 1.54) is 0 Å². The molecule has 1 fully saturated rings. The van der Waals surface area contributed by atoms with Crippen molar-refractivity contribution in [3.05, 3.63) is 0 Å². The van der Waals surface area contributed by atoms with Crippen LogP contribution in [0, 0.1) is 0 Å². The van der Waals surface area contributed by atoms with Crippen LogP contribution >= 0.6 is 0 Å². The van der Waals surface area contributed by atoms with Crippen LogP contribution in [0.25, 0.3) is 0 Å². The van der Waals surface area contributed by atoms with Gasteiger partial charge in [-0.15, -0.1) is 0 Å². The molecule has 1 aliphatic rings. The summed E-state index contributed by atoms with van der Waals surface area (Å²) in [6, 6.07) is -2.12. The van der Waals surface area contributed by atoms with Gasteiger partial charge in [-0.2, -0.15) is 0 Å². The molecule has 1 unspecified atom stereocenters. The third-order valence-corrected chi connectivity index (χ3v) is 1.20. The summed E-state index contributed by atoms with van der Waals surface area (Å²) in [4.78, 5) is 31.5. The van der Waals surface area contributed by atoms with Crippen LogP contribution in [-0.2, 0) is 14.3 Å². The lowest BCUT2D eigenvalue weighted by atomic mass is 10.2. The van der Waals surface area contributed by atoms with Crippen LogP contribution in [0.3, 0.4) is 0 Å². The van der Waals surface area contributed by atoms with Crippen molar-refractivity contribution in [3.8, 4) is 0 Å². The van der Waals surface area contributed by atoms with E-state index in [0.29, 0.717) is 0 Å². The standard InChI is InChI=1S/C5H6N2O4/c6-5(10)7-3-2(8)1-11-4(3)9/h3H,1H2,(H3,6,7,10). The van der Waals surface area contributed by atoms with Crippen LogP contribution in [0.4, 0.5) is 4.79 Å². The number of ketones is 1. The van der Waals surface area contributed by atoms with Gasteiger partial charge in [0.2, 0.25) is 5.78 Å². The van der Waals surface area contributed by atoms with E-state index in [2.05, 4.69) is 10.5 Å². The van der Waals surface area contributed by atoms with Crippen LogP contribution in [0.1, 0.15) is 0 Å². The molecule has 0 saturated carbocycles. The number of urea groups is 1. The van der Waals surface area contributed by atoms with Gasteiger partial charge in [-0.1, -0.05) is 0 Å².